The summed E-state index contributed by atoms with van der Waals surface area (Å²) in [5.74, 6) is -0.165. The van der Waals surface area contributed by atoms with E-state index >= 15 is 0 Å². The molecule has 2 N–H and O–H groups in total. The van der Waals surface area contributed by atoms with Crippen molar-refractivity contribution in [3.63, 3.8) is 0 Å². The Kier molecular flexibility index (Phi) is 3.57. The first-order valence-corrected chi connectivity index (χ1v) is 5.77. The van der Waals surface area contributed by atoms with Gasteiger partial charge in [0.1, 0.15) is 6.07 Å². The molecule has 2 rings (SSSR count). The molecule has 0 aliphatic rings. The van der Waals surface area contributed by atoms with Gasteiger partial charge in [0.15, 0.2) is 5.69 Å². The molecular formula is C13H13N5O. The minimum absolute atomic E-state index is 0.0832. The van der Waals surface area contributed by atoms with Gasteiger partial charge in [-0.25, -0.2) is 0 Å². The van der Waals surface area contributed by atoms with Gasteiger partial charge < -0.3 is 10.6 Å². The van der Waals surface area contributed by atoms with Gasteiger partial charge in [-0.1, -0.05) is 11.6 Å². The van der Waals surface area contributed by atoms with Crippen LogP contribution in [0.5, 0.6) is 0 Å². The van der Waals surface area contributed by atoms with Crippen LogP contribution in [0.1, 0.15) is 11.3 Å². The molecular weight excluding hydrogens is 242 g/mol. The quantitative estimate of drug-likeness (QED) is 0.852. The minimum atomic E-state index is -0.165. The third kappa shape index (κ3) is 2.60. The topological polar surface area (TPSA) is 90.7 Å². The van der Waals surface area contributed by atoms with Crippen molar-refractivity contribution in [2.45, 2.75) is 6.92 Å². The van der Waals surface area contributed by atoms with Crippen LogP contribution in [0.15, 0.2) is 18.2 Å². The normalized spacial score (nSPS) is 9.95. The van der Waals surface area contributed by atoms with Gasteiger partial charge in [0.2, 0.25) is 5.91 Å². The molecule has 6 nitrogen and oxygen atoms in total. The van der Waals surface area contributed by atoms with Crippen LogP contribution in [0, 0.1) is 18.3 Å². The van der Waals surface area contributed by atoms with Crippen molar-refractivity contribution in [1.82, 2.24) is 15.5 Å². The lowest BCUT2D eigenvalue weighted by molar-refractivity contribution is -0.118. The predicted molar refractivity (Wildman–Crippen MR) is 71.5 cm³/mol. The first-order valence-electron chi connectivity index (χ1n) is 5.77. The summed E-state index contributed by atoms with van der Waals surface area (Å²) in [7, 11) is 1.56. The van der Waals surface area contributed by atoms with Crippen molar-refractivity contribution in [1.29, 1.82) is 5.26 Å². The Morgan fingerprint density at radius 1 is 1.42 bits per heavy atom. The molecule has 1 aromatic carbocycles. The van der Waals surface area contributed by atoms with Gasteiger partial charge in [-0.3, -0.25) is 4.79 Å². The van der Waals surface area contributed by atoms with E-state index in [0.29, 0.717) is 11.2 Å². The van der Waals surface area contributed by atoms with E-state index in [-0.39, 0.29) is 18.1 Å². The minimum Gasteiger partial charge on any atom is -0.373 e. The van der Waals surface area contributed by atoms with Crippen molar-refractivity contribution >= 4 is 22.5 Å². The number of hydrogen-bond donors (Lipinski definition) is 2. The molecule has 0 spiro atoms. The van der Waals surface area contributed by atoms with E-state index < -0.39 is 0 Å². The van der Waals surface area contributed by atoms with E-state index in [1.54, 1.807) is 7.05 Å². The average molecular weight is 255 g/mol. The molecule has 0 saturated heterocycles. The summed E-state index contributed by atoms with van der Waals surface area (Å²) in [5.41, 5.74) is 2.46. The second-order valence-electron chi connectivity index (χ2n) is 4.08. The van der Waals surface area contributed by atoms with Crippen LogP contribution in [0.2, 0.25) is 0 Å². The zero-order chi connectivity index (χ0) is 13.8. The van der Waals surface area contributed by atoms with Crippen molar-refractivity contribution in [3.05, 3.63) is 29.5 Å². The number of nitriles is 1. The smallest absolute Gasteiger partial charge is 0.239 e. The van der Waals surface area contributed by atoms with Crippen LogP contribution in [0.4, 0.5) is 5.69 Å². The molecule has 1 aromatic heterocycles. The lowest BCUT2D eigenvalue weighted by atomic mass is 10.1. The van der Waals surface area contributed by atoms with Crippen LogP contribution in [-0.4, -0.2) is 29.7 Å². The number of benzene rings is 1. The monoisotopic (exact) mass is 255 g/mol. The molecule has 0 bridgehead atoms. The van der Waals surface area contributed by atoms with Crippen molar-refractivity contribution in [3.8, 4) is 6.07 Å². The van der Waals surface area contributed by atoms with E-state index in [4.69, 9.17) is 5.26 Å². The van der Waals surface area contributed by atoms with Gasteiger partial charge in [0.05, 0.1) is 17.7 Å². The summed E-state index contributed by atoms with van der Waals surface area (Å²) in [4.78, 5) is 11.3. The maximum Gasteiger partial charge on any atom is 0.239 e. The Morgan fingerprint density at radius 3 is 2.89 bits per heavy atom. The Morgan fingerprint density at radius 2 is 2.21 bits per heavy atom. The molecule has 96 valence electrons. The van der Waals surface area contributed by atoms with Gasteiger partial charge in [0.25, 0.3) is 0 Å². The van der Waals surface area contributed by atoms with E-state index in [1.165, 1.54) is 0 Å². The maximum atomic E-state index is 11.3. The maximum absolute atomic E-state index is 11.3. The SMILES string of the molecule is CNC(=O)CNc1c(C#N)nnc2ccc(C)cc12. The summed E-state index contributed by atoms with van der Waals surface area (Å²) in [5, 5.41) is 23.2. The standard InChI is InChI=1S/C13H13N5O/c1-8-3-4-10-9(5-8)13(11(6-14)18-17-10)16-7-12(19)15-2/h3-5H,7H2,1-2H3,(H,15,19)(H,16,17). The van der Waals surface area contributed by atoms with Crippen LogP contribution in [-0.2, 0) is 4.79 Å². The molecule has 1 heterocycles. The Bertz CT molecular complexity index is 675. The molecule has 1 amide bonds. The fraction of sp³-hybridized carbons (Fsp3) is 0.231. The number of anilines is 1. The molecule has 6 heteroatoms. The number of amides is 1. The fourth-order valence-electron chi connectivity index (χ4n) is 1.73. The fourth-order valence-corrected chi connectivity index (χ4v) is 1.73. The van der Waals surface area contributed by atoms with Gasteiger partial charge in [-0.05, 0) is 19.1 Å². The molecule has 19 heavy (non-hydrogen) atoms. The molecule has 0 aliphatic heterocycles. The molecule has 0 radical (unpaired) electrons. The Hall–Kier alpha value is -2.68. The molecule has 0 fully saturated rings. The summed E-state index contributed by atoms with van der Waals surface area (Å²) in [6.45, 7) is 2.04. The number of nitrogens with zero attached hydrogens (tertiary/aromatic N) is 3. The first-order chi connectivity index (χ1) is 9.15. The van der Waals surface area contributed by atoms with Crippen LogP contribution >= 0.6 is 0 Å². The summed E-state index contributed by atoms with van der Waals surface area (Å²) < 4.78 is 0. The van der Waals surface area contributed by atoms with Crippen molar-refractivity contribution in [2.75, 3.05) is 18.9 Å². The number of carbonyl (C=O) groups is 1. The average Bonchev–Trinajstić information content (AvgIpc) is 2.44. The van der Waals surface area contributed by atoms with Crippen LogP contribution in [0.25, 0.3) is 10.9 Å². The highest BCUT2D eigenvalue weighted by Crippen LogP contribution is 2.24. The molecule has 0 aliphatic carbocycles. The lowest BCUT2D eigenvalue weighted by Gasteiger charge is -2.10. The number of aryl methyl sites for hydroxylation is 1. The highest BCUT2D eigenvalue weighted by atomic mass is 16.1. The number of rotatable bonds is 3. The second-order valence-corrected chi connectivity index (χ2v) is 4.08. The molecule has 0 atom stereocenters. The third-order valence-electron chi connectivity index (χ3n) is 2.73. The number of fused-ring (bicyclic) bond motifs is 1. The highest BCUT2D eigenvalue weighted by molar-refractivity contribution is 5.94. The number of likely N-dealkylation sites (N-methyl/N-ethyl adjacent to an activating group) is 1. The summed E-state index contributed by atoms with van der Waals surface area (Å²) in [6, 6.07) is 7.65. The number of aromatic nitrogens is 2. The number of nitrogens with one attached hydrogen (secondary N) is 2. The van der Waals surface area contributed by atoms with Crippen molar-refractivity contribution in [2.24, 2.45) is 0 Å². The van der Waals surface area contributed by atoms with Gasteiger partial charge in [0, 0.05) is 12.4 Å². The van der Waals surface area contributed by atoms with Gasteiger partial charge in [-0.2, -0.15) is 5.26 Å². The largest absolute Gasteiger partial charge is 0.373 e. The highest BCUT2D eigenvalue weighted by Gasteiger charge is 2.11. The predicted octanol–water partition coefficient (Wildman–Crippen LogP) is 0.968. The van der Waals surface area contributed by atoms with E-state index in [0.717, 1.165) is 10.9 Å². The lowest BCUT2D eigenvalue weighted by Crippen LogP contribution is -2.26. The zero-order valence-corrected chi connectivity index (χ0v) is 10.7. The summed E-state index contributed by atoms with van der Waals surface area (Å²) >= 11 is 0. The molecule has 2 aromatic rings. The third-order valence-corrected chi connectivity index (χ3v) is 2.73. The van der Waals surface area contributed by atoms with Crippen LogP contribution < -0.4 is 10.6 Å². The number of carbonyl (C=O) groups excluding carboxylic acids is 1. The van der Waals surface area contributed by atoms with Crippen molar-refractivity contribution < 1.29 is 4.79 Å². The van der Waals surface area contributed by atoms with Gasteiger partial charge in [-0.15, -0.1) is 10.2 Å². The van der Waals surface area contributed by atoms with Gasteiger partial charge >= 0.3 is 0 Å². The second kappa shape index (κ2) is 5.31. The zero-order valence-electron chi connectivity index (χ0n) is 10.7. The first kappa shape index (κ1) is 12.8. The van der Waals surface area contributed by atoms with E-state index in [9.17, 15) is 4.79 Å². The Labute approximate surface area is 110 Å². The van der Waals surface area contributed by atoms with E-state index in [2.05, 4.69) is 20.8 Å². The molecule has 0 unspecified atom stereocenters. The summed E-state index contributed by atoms with van der Waals surface area (Å²) in [6.07, 6.45) is 0. The molecule has 0 saturated carbocycles. The number of hydrogen-bond acceptors (Lipinski definition) is 5. The van der Waals surface area contributed by atoms with E-state index in [1.807, 2.05) is 31.2 Å². The van der Waals surface area contributed by atoms with Crippen LogP contribution in [0.3, 0.4) is 0 Å². The Balaban J connectivity index is 2.51.